The summed E-state index contributed by atoms with van der Waals surface area (Å²) in [6.45, 7) is 4.21. The monoisotopic (exact) mass is 331 g/mol. The SMILES string of the molecule is CC(C)(O)c1cccc(Nc2cc(NCCN)nnc2C(N)=O)n1. The van der Waals surface area contributed by atoms with Crippen LogP contribution in [-0.4, -0.2) is 39.3 Å². The molecule has 2 aromatic rings. The minimum absolute atomic E-state index is 0.0104. The van der Waals surface area contributed by atoms with E-state index in [1.807, 2.05) is 0 Å². The summed E-state index contributed by atoms with van der Waals surface area (Å²) < 4.78 is 0. The van der Waals surface area contributed by atoms with Gasteiger partial charge in [-0.3, -0.25) is 4.79 Å². The van der Waals surface area contributed by atoms with Crippen molar-refractivity contribution in [3.05, 3.63) is 35.7 Å². The molecule has 2 heterocycles. The van der Waals surface area contributed by atoms with Crippen LogP contribution in [0.2, 0.25) is 0 Å². The molecule has 128 valence electrons. The topological polar surface area (TPSA) is 152 Å². The first-order chi connectivity index (χ1) is 11.3. The maximum atomic E-state index is 11.5. The number of nitrogens with one attached hydrogen (secondary N) is 2. The lowest BCUT2D eigenvalue weighted by atomic mass is 10.1. The van der Waals surface area contributed by atoms with Gasteiger partial charge in [0.15, 0.2) is 11.5 Å². The second-order valence-electron chi connectivity index (χ2n) is 5.66. The van der Waals surface area contributed by atoms with E-state index in [0.717, 1.165) is 0 Å². The predicted molar refractivity (Wildman–Crippen MR) is 90.9 cm³/mol. The lowest BCUT2D eigenvalue weighted by molar-refractivity contribution is 0.0740. The Labute approximate surface area is 139 Å². The maximum Gasteiger partial charge on any atom is 0.271 e. The highest BCUT2D eigenvalue weighted by Gasteiger charge is 2.19. The molecule has 0 aromatic carbocycles. The zero-order valence-electron chi connectivity index (χ0n) is 13.6. The Morgan fingerprint density at radius 1 is 1.29 bits per heavy atom. The van der Waals surface area contributed by atoms with Crippen LogP contribution in [0, 0.1) is 0 Å². The van der Waals surface area contributed by atoms with Crippen molar-refractivity contribution in [1.82, 2.24) is 15.2 Å². The summed E-state index contributed by atoms with van der Waals surface area (Å²) in [6, 6.07) is 6.75. The molecule has 0 spiro atoms. The van der Waals surface area contributed by atoms with Crippen LogP contribution < -0.4 is 22.1 Å². The van der Waals surface area contributed by atoms with Crippen LogP contribution in [0.15, 0.2) is 24.3 Å². The summed E-state index contributed by atoms with van der Waals surface area (Å²) >= 11 is 0. The van der Waals surface area contributed by atoms with E-state index in [9.17, 15) is 9.90 Å². The van der Waals surface area contributed by atoms with E-state index < -0.39 is 11.5 Å². The second-order valence-corrected chi connectivity index (χ2v) is 5.66. The number of hydrogen-bond donors (Lipinski definition) is 5. The molecular formula is C15H21N7O2. The third kappa shape index (κ3) is 4.37. The van der Waals surface area contributed by atoms with Gasteiger partial charge in [0.1, 0.15) is 11.4 Å². The van der Waals surface area contributed by atoms with Crippen LogP contribution in [0.5, 0.6) is 0 Å². The van der Waals surface area contributed by atoms with Crippen molar-refractivity contribution in [2.24, 2.45) is 11.5 Å². The van der Waals surface area contributed by atoms with E-state index in [1.165, 1.54) is 0 Å². The first kappa shape index (κ1) is 17.6. The van der Waals surface area contributed by atoms with Crippen molar-refractivity contribution >= 4 is 23.2 Å². The summed E-state index contributed by atoms with van der Waals surface area (Å²) in [4.78, 5) is 15.9. The number of carbonyl (C=O) groups is 1. The Morgan fingerprint density at radius 3 is 2.67 bits per heavy atom. The molecule has 0 saturated carbocycles. The summed E-state index contributed by atoms with van der Waals surface area (Å²) in [6.07, 6.45) is 0. The molecule has 0 aliphatic rings. The molecule has 0 radical (unpaired) electrons. The molecule has 0 fully saturated rings. The second kappa shape index (κ2) is 7.20. The number of anilines is 3. The molecule has 9 nitrogen and oxygen atoms in total. The molecule has 2 rings (SSSR count). The third-order valence-corrected chi connectivity index (χ3v) is 3.12. The molecule has 0 aliphatic heterocycles. The Kier molecular flexibility index (Phi) is 5.27. The smallest absolute Gasteiger partial charge is 0.271 e. The Hall–Kier alpha value is -2.78. The molecule has 9 heteroatoms. The average molecular weight is 331 g/mol. The number of hydrogen-bond acceptors (Lipinski definition) is 8. The molecule has 7 N–H and O–H groups in total. The van der Waals surface area contributed by atoms with Crippen LogP contribution >= 0.6 is 0 Å². The number of aliphatic hydroxyl groups is 1. The minimum Gasteiger partial charge on any atom is -0.384 e. The van der Waals surface area contributed by atoms with Gasteiger partial charge in [-0.15, -0.1) is 10.2 Å². The standard InChI is InChI=1S/C15H21N7O2/c1-15(2,24)10-4-3-5-11(20-10)19-9-8-12(18-7-6-16)21-22-13(9)14(17)23/h3-5,8,24H,6-7,16H2,1-2H3,(H2,17,23)(H2,18,19,20,21). The van der Waals surface area contributed by atoms with Crippen LogP contribution in [0.1, 0.15) is 30.0 Å². The minimum atomic E-state index is -1.09. The van der Waals surface area contributed by atoms with E-state index in [2.05, 4.69) is 25.8 Å². The van der Waals surface area contributed by atoms with Crippen molar-refractivity contribution in [3.63, 3.8) is 0 Å². The van der Waals surface area contributed by atoms with Gasteiger partial charge in [0, 0.05) is 19.2 Å². The largest absolute Gasteiger partial charge is 0.384 e. The summed E-state index contributed by atoms with van der Waals surface area (Å²) in [5.41, 5.74) is 10.5. The first-order valence-corrected chi connectivity index (χ1v) is 7.39. The molecule has 1 amide bonds. The number of carbonyl (C=O) groups excluding carboxylic acids is 1. The molecule has 0 bridgehead atoms. The van der Waals surface area contributed by atoms with Crippen LogP contribution in [0.25, 0.3) is 0 Å². The maximum absolute atomic E-state index is 11.5. The number of nitrogens with zero attached hydrogens (tertiary/aromatic N) is 3. The van der Waals surface area contributed by atoms with Crippen molar-refractivity contribution in [2.75, 3.05) is 23.7 Å². The Morgan fingerprint density at radius 2 is 2.04 bits per heavy atom. The van der Waals surface area contributed by atoms with Crippen molar-refractivity contribution in [2.45, 2.75) is 19.4 Å². The molecule has 0 saturated heterocycles. The van der Waals surface area contributed by atoms with Gasteiger partial charge in [-0.25, -0.2) is 4.98 Å². The van der Waals surface area contributed by atoms with Crippen molar-refractivity contribution in [3.8, 4) is 0 Å². The zero-order chi connectivity index (χ0) is 17.7. The molecule has 24 heavy (non-hydrogen) atoms. The van der Waals surface area contributed by atoms with E-state index in [1.54, 1.807) is 38.1 Å². The fourth-order valence-corrected chi connectivity index (χ4v) is 1.94. The van der Waals surface area contributed by atoms with Gasteiger partial charge >= 0.3 is 0 Å². The highest BCUT2D eigenvalue weighted by molar-refractivity contribution is 5.97. The Balaban J connectivity index is 2.35. The molecule has 2 aromatic heterocycles. The fourth-order valence-electron chi connectivity index (χ4n) is 1.94. The van der Waals surface area contributed by atoms with Gasteiger partial charge in [0.05, 0.1) is 11.4 Å². The molecular weight excluding hydrogens is 310 g/mol. The van der Waals surface area contributed by atoms with E-state index in [4.69, 9.17) is 11.5 Å². The predicted octanol–water partition coefficient (Wildman–Crippen LogP) is 0.312. The van der Waals surface area contributed by atoms with Crippen molar-refractivity contribution < 1.29 is 9.90 Å². The lowest BCUT2D eigenvalue weighted by Crippen LogP contribution is -2.20. The van der Waals surface area contributed by atoms with Crippen LogP contribution in [0.3, 0.4) is 0 Å². The van der Waals surface area contributed by atoms with Gasteiger partial charge in [0.2, 0.25) is 0 Å². The number of pyridine rings is 1. The van der Waals surface area contributed by atoms with Gasteiger partial charge in [-0.1, -0.05) is 6.07 Å². The average Bonchev–Trinajstić information content (AvgIpc) is 2.52. The highest BCUT2D eigenvalue weighted by atomic mass is 16.3. The van der Waals surface area contributed by atoms with E-state index >= 15 is 0 Å². The van der Waals surface area contributed by atoms with Crippen LogP contribution in [0.4, 0.5) is 17.3 Å². The summed E-state index contributed by atoms with van der Waals surface area (Å²) in [5, 5.41) is 23.7. The van der Waals surface area contributed by atoms with Gasteiger partial charge in [-0.05, 0) is 26.0 Å². The van der Waals surface area contributed by atoms with E-state index in [0.29, 0.717) is 36.1 Å². The normalized spacial score (nSPS) is 11.2. The Bertz CT molecular complexity index is 728. The van der Waals surface area contributed by atoms with Gasteiger partial charge in [-0.2, -0.15) is 0 Å². The fraction of sp³-hybridized carbons (Fsp3) is 0.333. The number of amides is 1. The van der Waals surface area contributed by atoms with Crippen molar-refractivity contribution in [1.29, 1.82) is 0 Å². The summed E-state index contributed by atoms with van der Waals surface area (Å²) in [5.74, 6) is 0.176. The van der Waals surface area contributed by atoms with Gasteiger partial charge < -0.3 is 27.2 Å². The van der Waals surface area contributed by atoms with E-state index in [-0.39, 0.29) is 5.69 Å². The first-order valence-electron chi connectivity index (χ1n) is 7.39. The molecule has 0 aliphatic carbocycles. The number of primary amides is 1. The quantitative estimate of drug-likeness (QED) is 0.486. The highest BCUT2D eigenvalue weighted by Crippen LogP contribution is 2.23. The van der Waals surface area contributed by atoms with Crippen LogP contribution in [-0.2, 0) is 5.60 Å². The number of rotatable bonds is 7. The van der Waals surface area contributed by atoms with Gasteiger partial charge in [0.25, 0.3) is 5.91 Å². The number of aromatic nitrogens is 3. The lowest BCUT2D eigenvalue weighted by Gasteiger charge is -2.18. The molecule has 0 atom stereocenters. The molecule has 0 unspecified atom stereocenters. The number of nitrogens with two attached hydrogens (primary N) is 2. The third-order valence-electron chi connectivity index (χ3n) is 3.12. The zero-order valence-corrected chi connectivity index (χ0v) is 13.6. The summed E-state index contributed by atoms with van der Waals surface area (Å²) in [7, 11) is 0.